The highest BCUT2D eigenvalue weighted by molar-refractivity contribution is 5.49. The number of hydrogen-bond donors (Lipinski definition) is 1. The molecule has 0 unspecified atom stereocenters. The molecule has 0 saturated heterocycles. The molecule has 1 nitrogen and oxygen atoms in total. The van der Waals surface area contributed by atoms with Crippen molar-refractivity contribution in [3.8, 4) is 0 Å². The highest BCUT2D eigenvalue weighted by atomic mass is 19.3. The van der Waals surface area contributed by atoms with Gasteiger partial charge in [-0.15, -0.1) is 0 Å². The number of nitrogens with two attached hydrogens (primary N) is 1. The van der Waals surface area contributed by atoms with Crippen LogP contribution in [0.5, 0.6) is 0 Å². The summed E-state index contributed by atoms with van der Waals surface area (Å²) in [7, 11) is 0. The van der Waals surface area contributed by atoms with E-state index in [1.54, 1.807) is 55.5 Å². The lowest BCUT2D eigenvalue weighted by Crippen LogP contribution is -1.91. The van der Waals surface area contributed by atoms with Gasteiger partial charge in [-0.1, -0.05) is 42.5 Å². The van der Waals surface area contributed by atoms with E-state index in [2.05, 4.69) is 0 Å². The number of hydrogen-bond acceptors (Lipinski definition) is 1. The van der Waals surface area contributed by atoms with Gasteiger partial charge in [0.05, 0.1) is 5.69 Å². The van der Waals surface area contributed by atoms with Crippen molar-refractivity contribution in [1.82, 2.24) is 0 Å². The molecular formula is C15H14F3N. The van der Waals surface area contributed by atoms with Crippen LogP contribution in [0.3, 0.4) is 0 Å². The Bertz CT molecular complexity index is 526. The molecule has 0 amide bonds. The fourth-order valence-electron chi connectivity index (χ4n) is 1.35. The maximum atomic E-state index is 12.6. The molecule has 2 N–H and O–H groups in total. The van der Waals surface area contributed by atoms with Crippen LogP contribution in [0.1, 0.15) is 11.1 Å². The predicted octanol–water partition coefficient (Wildman–Crippen LogP) is 4.64. The van der Waals surface area contributed by atoms with Crippen LogP contribution in [0.2, 0.25) is 0 Å². The second kappa shape index (κ2) is 7.26. The van der Waals surface area contributed by atoms with Crippen LogP contribution in [0, 0.1) is 12.7 Å². The Morgan fingerprint density at radius 2 is 1.63 bits per heavy atom. The zero-order valence-corrected chi connectivity index (χ0v) is 10.4. The molecule has 0 fully saturated rings. The molecule has 0 aliphatic carbocycles. The molecule has 0 saturated carbocycles. The maximum Gasteiger partial charge on any atom is 0.270 e. The molecule has 0 aliphatic rings. The zero-order valence-electron chi connectivity index (χ0n) is 10.4. The van der Waals surface area contributed by atoms with Crippen LogP contribution in [-0.4, -0.2) is 0 Å². The minimum atomic E-state index is -1.66. The van der Waals surface area contributed by atoms with Crippen molar-refractivity contribution in [3.63, 3.8) is 0 Å². The van der Waals surface area contributed by atoms with Crippen molar-refractivity contribution in [1.29, 1.82) is 0 Å². The van der Waals surface area contributed by atoms with Crippen molar-refractivity contribution in [2.45, 2.75) is 6.92 Å². The molecule has 0 spiro atoms. The van der Waals surface area contributed by atoms with E-state index >= 15 is 0 Å². The third kappa shape index (κ3) is 5.29. The minimum absolute atomic E-state index is 0.218. The van der Waals surface area contributed by atoms with Crippen molar-refractivity contribution in [2.24, 2.45) is 0 Å². The Morgan fingerprint density at radius 1 is 1.00 bits per heavy atom. The van der Waals surface area contributed by atoms with Gasteiger partial charge < -0.3 is 5.73 Å². The van der Waals surface area contributed by atoms with E-state index < -0.39 is 6.08 Å². The summed E-state index contributed by atoms with van der Waals surface area (Å²) in [4.78, 5) is 0. The van der Waals surface area contributed by atoms with Crippen LogP contribution in [0.15, 0.2) is 54.6 Å². The van der Waals surface area contributed by atoms with Gasteiger partial charge in [-0.3, -0.25) is 0 Å². The zero-order chi connectivity index (χ0) is 14.3. The Hall–Kier alpha value is -2.23. The summed E-state index contributed by atoms with van der Waals surface area (Å²) in [6.07, 6.45) is -0.828. The Labute approximate surface area is 110 Å². The summed E-state index contributed by atoms with van der Waals surface area (Å²) in [6, 6.07) is 13.4. The van der Waals surface area contributed by atoms with Gasteiger partial charge >= 0.3 is 0 Å². The molecule has 0 aromatic heterocycles. The minimum Gasteiger partial charge on any atom is -0.396 e. The molecule has 0 radical (unpaired) electrons. The van der Waals surface area contributed by atoms with Gasteiger partial charge in [0.15, 0.2) is 0 Å². The van der Waals surface area contributed by atoms with E-state index in [-0.39, 0.29) is 11.5 Å². The lowest BCUT2D eigenvalue weighted by atomic mass is 10.2. The summed E-state index contributed by atoms with van der Waals surface area (Å²) in [5, 5.41) is 0. The van der Waals surface area contributed by atoms with E-state index in [4.69, 9.17) is 5.73 Å². The molecule has 0 aliphatic heterocycles. The van der Waals surface area contributed by atoms with Crippen molar-refractivity contribution >= 4 is 11.8 Å². The third-order valence-corrected chi connectivity index (χ3v) is 2.30. The van der Waals surface area contributed by atoms with Crippen LogP contribution in [0.25, 0.3) is 6.08 Å². The average Bonchev–Trinajstić information content (AvgIpc) is 2.37. The van der Waals surface area contributed by atoms with Gasteiger partial charge in [0.2, 0.25) is 0 Å². The number of nitrogen functional groups attached to an aromatic ring is 1. The van der Waals surface area contributed by atoms with E-state index in [1.165, 1.54) is 0 Å². The standard InChI is InChI=1S/C8H6F2.C7H8FN/c9-8(10)6-7-4-2-1-3-5-7;1-5-3-2-4-6(9)7(5)8/h1-6H;2-4H,9H2,1H3. The SMILES string of the molecule is Cc1cccc(N)c1F.FC(F)=Cc1ccccc1. The first-order valence-corrected chi connectivity index (χ1v) is 5.59. The lowest BCUT2D eigenvalue weighted by Gasteiger charge is -1.96. The van der Waals surface area contributed by atoms with Crippen LogP contribution < -0.4 is 5.73 Å². The molecule has 2 aromatic carbocycles. The summed E-state index contributed by atoms with van der Waals surface area (Å²) in [6.45, 7) is 1.69. The summed E-state index contributed by atoms with van der Waals surface area (Å²) in [5.41, 5.74) is 6.59. The van der Waals surface area contributed by atoms with Crippen molar-refractivity contribution in [3.05, 3.63) is 71.6 Å². The third-order valence-electron chi connectivity index (χ3n) is 2.30. The maximum absolute atomic E-state index is 12.6. The first-order valence-electron chi connectivity index (χ1n) is 5.59. The summed E-state index contributed by atoms with van der Waals surface area (Å²) >= 11 is 0. The van der Waals surface area contributed by atoms with Gasteiger partial charge in [-0.2, -0.15) is 8.78 Å². The van der Waals surface area contributed by atoms with Crippen LogP contribution in [0.4, 0.5) is 18.9 Å². The van der Waals surface area contributed by atoms with Gasteiger partial charge in [0.1, 0.15) is 5.82 Å². The molecule has 19 heavy (non-hydrogen) atoms. The highest BCUT2D eigenvalue weighted by Crippen LogP contribution is 2.12. The van der Waals surface area contributed by atoms with E-state index in [0.717, 1.165) is 6.08 Å². The number of benzene rings is 2. The quantitative estimate of drug-likeness (QED) is 0.747. The summed E-state index contributed by atoms with van der Waals surface area (Å²) in [5.74, 6) is -0.308. The fourth-order valence-corrected chi connectivity index (χ4v) is 1.35. The van der Waals surface area contributed by atoms with Gasteiger partial charge in [0, 0.05) is 6.08 Å². The van der Waals surface area contributed by atoms with Crippen molar-refractivity contribution < 1.29 is 13.2 Å². The Balaban J connectivity index is 0.000000191. The molecule has 0 bridgehead atoms. The van der Waals surface area contributed by atoms with E-state index in [1.807, 2.05) is 0 Å². The summed E-state index contributed by atoms with van der Waals surface area (Å²) < 4.78 is 35.8. The van der Waals surface area contributed by atoms with Crippen LogP contribution >= 0.6 is 0 Å². The molecule has 4 heteroatoms. The number of aryl methyl sites for hydroxylation is 1. The molecule has 0 heterocycles. The molecule has 2 rings (SSSR count). The number of rotatable bonds is 1. The molecular weight excluding hydrogens is 251 g/mol. The lowest BCUT2D eigenvalue weighted by molar-refractivity contribution is 0.429. The smallest absolute Gasteiger partial charge is 0.270 e. The molecule has 2 aromatic rings. The largest absolute Gasteiger partial charge is 0.396 e. The normalized spacial score (nSPS) is 9.26. The molecule has 0 atom stereocenters. The highest BCUT2D eigenvalue weighted by Gasteiger charge is 1.97. The van der Waals surface area contributed by atoms with Gasteiger partial charge in [-0.05, 0) is 24.1 Å². The Kier molecular flexibility index (Phi) is 5.67. The monoisotopic (exact) mass is 265 g/mol. The topological polar surface area (TPSA) is 26.0 Å². The Morgan fingerprint density at radius 3 is 2.11 bits per heavy atom. The van der Waals surface area contributed by atoms with Crippen molar-refractivity contribution in [2.75, 3.05) is 5.73 Å². The second-order valence-electron chi connectivity index (χ2n) is 3.82. The first kappa shape index (κ1) is 14.8. The van der Waals surface area contributed by atoms with Gasteiger partial charge in [0.25, 0.3) is 6.08 Å². The van der Waals surface area contributed by atoms with Gasteiger partial charge in [-0.25, -0.2) is 4.39 Å². The first-order chi connectivity index (χ1) is 9.00. The fraction of sp³-hybridized carbons (Fsp3) is 0.0667. The van der Waals surface area contributed by atoms with Crippen LogP contribution in [-0.2, 0) is 0 Å². The van der Waals surface area contributed by atoms with E-state index in [0.29, 0.717) is 11.1 Å². The predicted molar refractivity (Wildman–Crippen MR) is 72.2 cm³/mol. The number of halogens is 3. The second-order valence-corrected chi connectivity index (χ2v) is 3.82. The van der Waals surface area contributed by atoms with E-state index in [9.17, 15) is 13.2 Å². The molecule has 100 valence electrons. The average molecular weight is 265 g/mol. The number of anilines is 1.